The van der Waals surface area contributed by atoms with Gasteiger partial charge in [-0.05, 0) is 19.9 Å². The van der Waals surface area contributed by atoms with Gasteiger partial charge in [0.25, 0.3) is 0 Å². The van der Waals surface area contributed by atoms with Crippen LogP contribution in [0.4, 0.5) is 10.6 Å². The lowest BCUT2D eigenvalue weighted by Crippen LogP contribution is -2.29. The smallest absolute Gasteiger partial charge is 0.341 e. The average molecular weight is 329 g/mol. The predicted octanol–water partition coefficient (Wildman–Crippen LogP) is 2.56. The molecular weight excluding hydrogens is 310 g/mol. The number of aromatic nitrogens is 1. The van der Waals surface area contributed by atoms with Gasteiger partial charge in [-0.25, -0.2) is 9.59 Å². The van der Waals surface area contributed by atoms with Gasteiger partial charge in [-0.15, -0.1) is 0 Å². The summed E-state index contributed by atoms with van der Waals surface area (Å²) < 4.78 is 4.97. The van der Waals surface area contributed by atoms with Crippen LogP contribution in [-0.4, -0.2) is 35.9 Å². The number of hydrogen-bond donors (Lipinski definition) is 3. The van der Waals surface area contributed by atoms with E-state index in [1.165, 1.54) is 6.07 Å². The Morgan fingerprint density at radius 1 is 1.12 bits per heavy atom. The van der Waals surface area contributed by atoms with E-state index < -0.39 is 12.0 Å². The van der Waals surface area contributed by atoms with Crippen LogP contribution < -0.4 is 10.6 Å². The second kappa shape index (κ2) is 7.96. The maximum absolute atomic E-state index is 12.5. The van der Waals surface area contributed by atoms with Gasteiger partial charge in [0.15, 0.2) is 0 Å². The van der Waals surface area contributed by atoms with Crippen molar-refractivity contribution in [1.29, 1.82) is 0 Å². The standard InChI is InChI=1S/C17H19N3O4/c1-3-18-17(23)20-15-12(16(22)24-4-2)10-13(19-15)14(21)11-8-6-5-7-9-11/h5-10,19H,3-4H2,1-2H3,(H2,18,20,23). The van der Waals surface area contributed by atoms with Crippen LogP contribution in [0.1, 0.15) is 40.3 Å². The summed E-state index contributed by atoms with van der Waals surface area (Å²) in [5.41, 5.74) is 0.761. The van der Waals surface area contributed by atoms with Gasteiger partial charge >= 0.3 is 12.0 Å². The van der Waals surface area contributed by atoms with Crippen LogP contribution >= 0.6 is 0 Å². The highest BCUT2D eigenvalue weighted by molar-refractivity contribution is 6.11. The van der Waals surface area contributed by atoms with Crippen molar-refractivity contribution in [3.63, 3.8) is 0 Å². The van der Waals surface area contributed by atoms with E-state index in [0.717, 1.165) is 0 Å². The second-order valence-electron chi connectivity index (χ2n) is 4.87. The van der Waals surface area contributed by atoms with Gasteiger partial charge < -0.3 is 15.0 Å². The summed E-state index contributed by atoms with van der Waals surface area (Å²) in [6.07, 6.45) is 0. The summed E-state index contributed by atoms with van der Waals surface area (Å²) in [4.78, 5) is 39.0. The molecule has 0 atom stereocenters. The number of rotatable bonds is 6. The van der Waals surface area contributed by atoms with Crippen LogP contribution in [-0.2, 0) is 4.74 Å². The van der Waals surface area contributed by atoms with Crippen LogP contribution in [0.3, 0.4) is 0 Å². The fourth-order valence-corrected chi connectivity index (χ4v) is 2.11. The van der Waals surface area contributed by atoms with Crippen LogP contribution in [0.15, 0.2) is 36.4 Å². The largest absolute Gasteiger partial charge is 0.462 e. The van der Waals surface area contributed by atoms with E-state index in [2.05, 4.69) is 15.6 Å². The Kier molecular flexibility index (Phi) is 5.73. The molecule has 2 aromatic rings. The van der Waals surface area contributed by atoms with Gasteiger partial charge in [-0.3, -0.25) is 10.1 Å². The third-order valence-corrected chi connectivity index (χ3v) is 3.17. The van der Waals surface area contributed by atoms with Crippen molar-refractivity contribution in [2.24, 2.45) is 0 Å². The van der Waals surface area contributed by atoms with Crippen molar-refractivity contribution in [2.45, 2.75) is 13.8 Å². The van der Waals surface area contributed by atoms with Gasteiger partial charge in [0.2, 0.25) is 5.78 Å². The molecule has 0 aliphatic heterocycles. The molecule has 7 nitrogen and oxygen atoms in total. The van der Waals surface area contributed by atoms with E-state index in [0.29, 0.717) is 12.1 Å². The Bertz CT molecular complexity index is 738. The number of hydrogen-bond acceptors (Lipinski definition) is 4. The van der Waals surface area contributed by atoms with E-state index in [1.807, 2.05) is 0 Å². The lowest BCUT2D eigenvalue weighted by Gasteiger charge is -2.06. The van der Waals surface area contributed by atoms with Gasteiger partial charge in [0.1, 0.15) is 11.4 Å². The molecule has 2 amide bonds. The number of amides is 2. The molecule has 1 aromatic heterocycles. The summed E-state index contributed by atoms with van der Waals surface area (Å²) in [5, 5.41) is 5.07. The molecule has 0 radical (unpaired) electrons. The third-order valence-electron chi connectivity index (χ3n) is 3.17. The number of urea groups is 1. The Morgan fingerprint density at radius 2 is 1.83 bits per heavy atom. The van der Waals surface area contributed by atoms with Crippen molar-refractivity contribution in [1.82, 2.24) is 10.3 Å². The van der Waals surface area contributed by atoms with Gasteiger partial charge in [0, 0.05) is 12.1 Å². The molecule has 0 aliphatic carbocycles. The number of aromatic amines is 1. The maximum Gasteiger partial charge on any atom is 0.341 e. The maximum atomic E-state index is 12.5. The molecular formula is C17H19N3O4. The minimum absolute atomic E-state index is 0.0994. The van der Waals surface area contributed by atoms with Crippen molar-refractivity contribution >= 4 is 23.6 Å². The monoisotopic (exact) mass is 329 g/mol. The molecule has 0 fully saturated rings. The summed E-state index contributed by atoms with van der Waals surface area (Å²) in [6.45, 7) is 4.06. The fourth-order valence-electron chi connectivity index (χ4n) is 2.11. The molecule has 0 bridgehead atoms. The first-order valence-electron chi connectivity index (χ1n) is 7.61. The zero-order valence-corrected chi connectivity index (χ0v) is 13.5. The first kappa shape index (κ1) is 17.3. The molecule has 0 aliphatic rings. The average Bonchev–Trinajstić information content (AvgIpc) is 2.99. The number of ether oxygens (including phenoxy) is 1. The molecule has 0 saturated carbocycles. The number of nitrogens with one attached hydrogen (secondary N) is 3. The van der Waals surface area contributed by atoms with E-state index in [9.17, 15) is 14.4 Å². The van der Waals surface area contributed by atoms with E-state index >= 15 is 0 Å². The molecule has 0 unspecified atom stereocenters. The van der Waals surface area contributed by atoms with Crippen LogP contribution in [0.25, 0.3) is 0 Å². The highest BCUT2D eigenvalue weighted by Crippen LogP contribution is 2.20. The molecule has 3 N–H and O–H groups in total. The van der Waals surface area contributed by atoms with Crippen molar-refractivity contribution < 1.29 is 19.1 Å². The summed E-state index contributed by atoms with van der Waals surface area (Å²) in [5.74, 6) is -0.781. The number of ketones is 1. The van der Waals surface area contributed by atoms with E-state index in [1.54, 1.807) is 44.2 Å². The molecule has 0 saturated heterocycles. The highest BCUT2D eigenvalue weighted by Gasteiger charge is 2.21. The molecule has 1 aromatic carbocycles. The number of anilines is 1. The van der Waals surface area contributed by atoms with Gasteiger partial charge in [-0.1, -0.05) is 30.3 Å². The molecule has 7 heteroatoms. The normalized spacial score (nSPS) is 10.1. The van der Waals surface area contributed by atoms with Crippen molar-refractivity contribution in [3.8, 4) is 0 Å². The Labute approximate surface area is 139 Å². The molecule has 24 heavy (non-hydrogen) atoms. The summed E-state index contributed by atoms with van der Waals surface area (Å²) in [7, 11) is 0. The second-order valence-corrected chi connectivity index (χ2v) is 4.87. The van der Waals surface area contributed by atoms with Crippen LogP contribution in [0.2, 0.25) is 0 Å². The fraction of sp³-hybridized carbons (Fsp3) is 0.235. The summed E-state index contributed by atoms with van der Waals surface area (Å²) in [6, 6.07) is 9.54. The predicted molar refractivity (Wildman–Crippen MR) is 89.3 cm³/mol. The number of carbonyl (C=O) groups excluding carboxylic acids is 3. The zero-order valence-electron chi connectivity index (χ0n) is 13.5. The number of benzene rings is 1. The summed E-state index contributed by atoms with van der Waals surface area (Å²) >= 11 is 0. The molecule has 1 heterocycles. The molecule has 126 valence electrons. The van der Waals surface area contributed by atoms with Crippen molar-refractivity contribution in [2.75, 3.05) is 18.5 Å². The lowest BCUT2D eigenvalue weighted by molar-refractivity contribution is 0.0528. The van der Waals surface area contributed by atoms with Crippen LogP contribution in [0, 0.1) is 0 Å². The first-order valence-corrected chi connectivity index (χ1v) is 7.61. The Hall–Kier alpha value is -3.09. The third kappa shape index (κ3) is 4.01. The number of H-pyrrole nitrogens is 1. The zero-order chi connectivity index (χ0) is 17.5. The SMILES string of the molecule is CCNC(=O)Nc1[nH]c(C(=O)c2ccccc2)cc1C(=O)OCC. The van der Waals surface area contributed by atoms with E-state index in [4.69, 9.17) is 4.74 Å². The topological polar surface area (TPSA) is 100 Å². The van der Waals surface area contributed by atoms with Gasteiger partial charge in [-0.2, -0.15) is 0 Å². The van der Waals surface area contributed by atoms with E-state index in [-0.39, 0.29) is 29.5 Å². The quantitative estimate of drug-likeness (QED) is 0.560. The lowest BCUT2D eigenvalue weighted by atomic mass is 10.1. The first-order chi connectivity index (χ1) is 11.6. The number of esters is 1. The van der Waals surface area contributed by atoms with Crippen LogP contribution in [0.5, 0.6) is 0 Å². The highest BCUT2D eigenvalue weighted by atomic mass is 16.5. The van der Waals surface area contributed by atoms with Gasteiger partial charge in [0.05, 0.1) is 12.3 Å². The minimum Gasteiger partial charge on any atom is -0.462 e. The molecule has 0 spiro atoms. The Balaban J connectivity index is 2.34. The minimum atomic E-state index is -0.618. The molecule has 2 rings (SSSR count). The Morgan fingerprint density at radius 3 is 2.46 bits per heavy atom. The van der Waals surface area contributed by atoms with Crippen molar-refractivity contribution in [3.05, 3.63) is 53.2 Å². The number of carbonyl (C=O) groups is 3.